The second kappa shape index (κ2) is 9.49. The first-order chi connectivity index (χ1) is 15.4. The number of amides is 3. The predicted octanol–water partition coefficient (Wildman–Crippen LogP) is 2.08. The third-order valence-electron chi connectivity index (χ3n) is 4.44. The van der Waals surface area contributed by atoms with Gasteiger partial charge in [-0.3, -0.25) is 24.3 Å². The van der Waals surface area contributed by atoms with Crippen LogP contribution < -0.4 is 5.32 Å². The zero-order chi connectivity index (χ0) is 22.7. The highest BCUT2D eigenvalue weighted by molar-refractivity contribution is 8.18. The first kappa shape index (κ1) is 22.0. The molecule has 4 heterocycles. The standard InChI is InChI=1S/C20H19N7O3S2/c1-12-8-13(2)27-18(23-12)24-19(25-27)31-11-16(28)22-6-7-26-17(29)15(32-20(26)30)9-14-4-3-5-21-10-14/h3-5,8-10H,6-7,11H2,1-2H3,(H,22,28)/b15-9-. The summed E-state index contributed by atoms with van der Waals surface area (Å²) >= 11 is 2.07. The fourth-order valence-corrected chi connectivity index (χ4v) is 4.52. The van der Waals surface area contributed by atoms with E-state index in [1.807, 2.05) is 19.9 Å². The SMILES string of the molecule is Cc1cc(C)n2nc(SCC(=O)NCCN3C(=O)S/C(=C\c4cccnc4)C3=O)nc2n1. The number of rotatable bonds is 7. The zero-order valence-electron chi connectivity index (χ0n) is 17.3. The molecule has 10 nitrogen and oxygen atoms in total. The average Bonchev–Trinajstić information content (AvgIpc) is 3.29. The van der Waals surface area contributed by atoms with Gasteiger partial charge in [0.2, 0.25) is 11.1 Å². The van der Waals surface area contributed by atoms with Gasteiger partial charge in [0, 0.05) is 36.9 Å². The molecular formula is C20H19N7O3S2. The lowest BCUT2D eigenvalue weighted by Crippen LogP contribution is -2.37. The quantitative estimate of drug-likeness (QED) is 0.409. The molecule has 32 heavy (non-hydrogen) atoms. The summed E-state index contributed by atoms with van der Waals surface area (Å²) in [4.78, 5) is 50.9. The van der Waals surface area contributed by atoms with Crippen LogP contribution in [0.1, 0.15) is 17.0 Å². The minimum Gasteiger partial charge on any atom is -0.354 e. The van der Waals surface area contributed by atoms with Gasteiger partial charge in [-0.25, -0.2) is 9.50 Å². The summed E-state index contributed by atoms with van der Waals surface area (Å²) in [7, 11) is 0. The Morgan fingerprint density at radius 1 is 1.28 bits per heavy atom. The van der Waals surface area contributed by atoms with Gasteiger partial charge in [0.05, 0.1) is 10.7 Å². The number of fused-ring (bicyclic) bond motifs is 1. The maximum atomic E-state index is 12.5. The Balaban J connectivity index is 1.27. The van der Waals surface area contributed by atoms with E-state index in [2.05, 4.69) is 25.4 Å². The van der Waals surface area contributed by atoms with Crippen molar-refractivity contribution in [3.8, 4) is 0 Å². The van der Waals surface area contributed by atoms with E-state index >= 15 is 0 Å². The lowest BCUT2D eigenvalue weighted by molar-refractivity contribution is -0.123. The summed E-state index contributed by atoms with van der Waals surface area (Å²) in [6.45, 7) is 4.05. The Kier molecular flexibility index (Phi) is 6.51. The smallest absolute Gasteiger partial charge is 0.293 e. The molecule has 164 valence electrons. The second-order valence-electron chi connectivity index (χ2n) is 6.90. The van der Waals surface area contributed by atoms with Crippen molar-refractivity contribution in [1.29, 1.82) is 0 Å². The number of pyridine rings is 1. The van der Waals surface area contributed by atoms with Gasteiger partial charge in [-0.05, 0) is 49.4 Å². The van der Waals surface area contributed by atoms with Crippen LogP contribution in [0.15, 0.2) is 40.7 Å². The second-order valence-corrected chi connectivity index (χ2v) is 8.84. The molecule has 1 N–H and O–H groups in total. The van der Waals surface area contributed by atoms with Gasteiger partial charge in [-0.15, -0.1) is 5.10 Å². The Morgan fingerprint density at radius 3 is 2.91 bits per heavy atom. The minimum absolute atomic E-state index is 0.0977. The van der Waals surface area contributed by atoms with Crippen LogP contribution in [0, 0.1) is 13.8 Å². The number of aryl methyl sites for hydroxylation is 2. The average molecular weight is 470 g/mol. The highest BCUT2D eigenvalue weighted by atomic mass is 32.2. The molecule has 0 aromatic carbocycles. The van der Waals surface area contributed by atoms with E-state index in [1.54, 1.807) is 35.1 Å². The van der Waals surface area contributed by atoms with E-state index in [-0.39, 0.29) is 35.9 Å². The van der Waals surface area contributed by atoms with E-state index in [0.29, 0.717) is 15.8 Å². The Hall–Kier alpha value is -3.25. The normalized spacial score (nSPS) is 15.2. The predicted molar refractivity (Wildman–Crippen MR) is 121 cm³/mol. The number of aromatic nitrogens is 5. The molecule has 1 aliphatic rings. The molecule has 0 bridgehead atoms. The molecule has 0 spiro atoms. The number of carbonyl (C=O) groups is 3. The summed E-state index contributed by atoms with van der Waals surface area (Å²) < 4.78 is 1.63. The summed E-state index contributed by atoms with van der Waals surface area (Å²) in [5.41, 5.74) is 2.50. The van der Waals surface area contributed by atoms with E-state index in [4.69, 9.17) is 0 Å². The maximum absolute atomic E-state index is 12.5. The maximum Gasteiger partial charge on any atom is 0.293 e. The molecule has 1 saturated heterocycles. The molecular weight excluding hydrogens is 450 g/mol. The van der Waals surface area contributed by atoms with Crippen LogP contribution in [-0.4, -0.2) is 65.4 Å². The Bertz CT molecular complexity index is 1230. The van der Waals surface area contributed by atoms with Gasteiger partial charge in [0.1, 0.15) is 0 Å². The highest BCUT2D eigenvalue weighted by Crippen LogP contribution is 2.31. The lowest BCUT2D eigenvalue weighted by atomic mass is 10.2. The van der Waals surface area contributed by atoms with Gasteiger partial charge in [0.25, 0.3) is 16.9 Å². The molecule has 1 aliphatic heterocycles. The van der Waals surface area contributed by atoms with Gasteiger partial charge in [-0.1, -0.05) is 17.8 Å². The van der Waals surface area contributed by atoms with E-state index in [1.165, 1.54) is 11.8 Å². The van der Waals surface area contributed by atoms with Crippen molar-refractivity contribution in [2.45, 2.75) is 19.0 Å². The molecule has 0 radical (unpaired) electrons. The number of hydrogen-bond donors (Lipinski definition) is 1. The van der Waals surface area contributed by atoms with Crippen molar-refractivity contribution in [1.82, 2.24) is 34.8 Å². The lowest BCUT2D eigenvalue weighted by Gasteiger charge is -2.12. The molecule has 0 aliphatic carbocycles. The monoisotopic (exact) mass is 469 g/mol. The van der Waals surface area contributed by atoms with Crippen LogP contribution in [0.4, 0.5) is 4.79 Å². The molecule has 12 heteroatoms. The molecule has 0 atom stereocenters. The van der Waals surface area contributed by atoms with Crippen molar-refractivity contribution in [2.75, 3.05) is 18.8 Å². The number of nitrogens with one attached hydrogen (secondary N) is 1. The van der Waals surface area contributed by atoms with E-state index in [0.717, 1.165) is 33.6 Å². The van der Waals surface area contributed by atoms with Crippen molar-refractivity contribution >= 4 is 52.4 Å². The van der Waals surface area contributed by atoms with Crippen molar-refractivity contribution in [2.24, 2.45) is 0 Å². The highest BCUT2D eigenvalue weighted by Gasteiger charge is 2.34. The van der Waals surface area contributed by atoms with Crippen LogP contribution >= 0.6 is 23.5 Å². The fourth-order valence-electron chi connectivity index (χ4n) is 3.00. The largest absolute Gasteiger partial charge is 0.354 e. The van der Waals surface area contributed by atoms with Crippen LogP contribution in [0.5, 0.6) is 0 Å². The topological polar surface area (TPSA) is 122 Å². The zero-order valence-corrected chi connectivity index (χ0v) is 18.9. The number of hydrogen-bond acceptors (Lipinski definition) is 9. The van der Waals surface area contributed by atoms with Crippen LogP contribution in [0.2, 0.25) is 0 Å². The number of thioether (sulfide) groups is 2. The number of nitrogens with zero attached hydrogens (tertiary/aromatic N) is 6. The van der Waals surface area contributed by atoms with Gasteiger partial charge >= 0.3 is 0 Å². The molecule has 3 aromatic rings. The third-order valence-corrected chi connectivity index (χ3v) is 6.19. The summed E-state index contributed by atoms with van der Waals surface area (Å²) in [5.74, 6) is -0.0196. The first-order valence-electron chi connectivity index (χ1n) is 9.66. The number of imide groups is 1. The number of carbonyl (C=O) groups excluding carboxylic acids is 3. The van der Waals surface area contributed by atoms with E-state index in [9.17, 15) is 14.4 Å². The molecule has 3 aromatic heterocycles. The van der Waals surface area contributed by atoms with Crippen LogP contribution in [-0.2, 0) is 9.59 Å². The van der Waals surface area contributed by atoms with Crippen molar-refractivity contribution in [3.05, 3.63) is 52.4 Å². The Morgan fingerprint density at radius 2 is 2.12 bits per heavy atom. The molecule has 0 unspecified atom stereocenters. The summed E-state index contributed by atoms with van der Waals surface area (Å²) in [6.07, 6.45) is 4.88. The van der Waals surface area contributed by atoms with Crippen LogP contribution in [0.3, 0.4) is 0 Å². The molecule has 0 saturated carbocycles. The minimum atomic E-state index is -0.375. The van der Waals surface area contributed by atoms with Crippen molar-refractivity contribution < 1.29 is 14.4 Å². The fraction of sp³-hybridized carbons (Fsp3) is 0.250. The first-order valence-corrected chi connectivity index (χ1v) is 11.5. The van der Waals surface area contributed by atoms with Gasteiger partial charge < -0.3 is 5.32 Å². The van der Waals surface area contributed by atoms with Gasteiger partial charge in [-0.2, -0.15) is 4.98 Å². The van der Waals surface area contributed by atoms with Crippen molar-refractivity contribution in [3.63, 3.8) is 0 Å². The Labute approximate surface area is 191 Å². The summed E-state index contributed by atoms with van der Waals surface area (Å²) in [5, 5.41) is 7.15. The van der Waals surface area contributed by atoms with E-state index < -0.39 is 0 Å². The summed E-state index contributed by atoms with van der Waals surface area (Å²) in [6, 6.07) is 5.46. The molecule has 4 rings (SSSR count). The molecule has 3 amide bonds. The van der Waals surface area contributed by atoms with Gasteiger partial charge in [0.15, 0.2) is 0 Å². The third kappa shape index (κ3) is 4.97. The molecule has 1 fully saturated rings. The van der Waals surface area contributed by atoms with Crippen LogP contribution in [0.25, 0.3) is 11.9 Å².